The number of fused-ring (bicyclic) bond motifs is 1. The van der Waals surface area contributed by atoms with Gasteiger partial charge in [-0.25, -0.2) is 9.97 Å². The maximum Gasteiger partial charge on any atom is 0.278 e. The predicted octanol–water partition coefficient (Wildman–Crippen LogP) is -0.189. The van der Waals surface area contributed by atoms with Crippen LogP contribution in [0.1, 0.15) is 5.01 Å². The molecule has 6 N–H and O–H groups in total. The maximum absolute atomic E-state index is 11.6. The number of anilines is 1. The molecule has 18 heavy (non-hydrogen) atoms. The van der Waals surface area contributed by atoms with E-state index in [4.69, 9.17) is 11.5 Å². The molecule has 0 amide bonds. The van der Waals surface area contributed by atoms with Gasteiger partial charge in [0.25, 0.3) is 5.56 Å². The minimum atomic E-state index is -0.356. The van der Waals surface area contributed by atoms with Crippen molar-refractivity contribution in [1.29, 1.82) is 0 Å². The molecule has 3 aromatic rings. The van der Waals surface area contributed by atoms with Crippen LogP contribution in [0.2, 0.25) is 0 Å². The second-order valence-electron chi connectivity index (χ2n) is 3.57. The van der Waals surface area contributed by atoms with Gasteiger partial charge in [-0.05, 0) is 0 Å². The Bertz CT molecular complexity index is 771. The lowest BCUT2D eigenvalue weighted by atomic mass is 10.5. The number of nitrogens with zero attached hydrogens (tertiary/aromatic N) is 3. The highest BCUT2D eigenvalue weighted by Gasteiger charge is 2.12. The van der Waals surface area contributed by atoms with Gasteiger partial charge >= 0.3 is 0 Å². The van der Waals surface area contributed by atoms with Crippen LogP contribution in [-0.4, -0.2) is 24.9 Å². The Morgan fingerprint density at radius 3 is 2.83 bits per heavy atom. The van der Waals surface area contributed by atoms with E-state index in [9.17, 15) is 4.79 Å². The molecule has 0 fully saturated rings. The Balaban J connectivity index is 2.19. The number of nitrogens with one attached hydrogen (secondary N) is 2. The third-order valence-corrected chi connectivity index (χ3v) is 3.22. The quantitative estimate of drug-likeness (QED) is 0.505. The lowest BCUT2D eigenvalue weighted by Gasteiger charge is -1.89. The molecule has 0 spiro atoms. The monoisotopic (exact) mass is 263 g/mol. The molecule has 0 aromatic carbocycles. The van der Waals surface area contributed by atoms with E-state index in [1.165, 1.54) is 11.3 Å². The van der Waals surface area contributed by atoms with E-state index in [0.717, 1.165) is 5.01 Å². The minimum absolute atomic E-state index is 0.0338. The van der Waals surface area contributed by atoms with Crippen LogP contribution >= 0.6 is 11.3 Å². The first kappa shape index (κ1) is 10.9. The molecule has 0 bridgehead atoms. The number of thiazole rings is 1. The van der Waals surface area contributed by atoms with E-state index in [-0.39, 0.29) is 22.7 Å². The fraction of sp³-hybridized carbons (Fsp3) is 0.111. The normalized spacial score (nSPS) is 11.2. The maximum atomic E-state index is 11.6. The summed E-state index contributed by atoms with van der Waals surface area (Å²) in [4.78, 5) is 29.3. The van der Waals surface area contributed by atoms with Crippen molar-refractivity contribution in [2.75, 3.05) is 5.73 Å². The van der Waals surface area contributed by atoms with Gasteiger partial charge in [0.2, 0.25) is 5.95 Å². The zero-order chi connectivity index (χ0) is 12.7. The molecule has 3 heterocycles. The van der Waals surface area contributed by atoms with E-state index < -0.39 is 0 Å². The number of rotatable bonds is 2. The highest BCUT2D eigenvalue weighted by Crippen LogP contribution is 2.20. The topological polar surface area (TPSA) is 139 Å². The zero-order valence-corrected chi connectivity index (χ0v) is 9.91. The van der Waals surface area contributed by atoms with Gasteiger partial charge in [-0.2, -0.15) is 4.98 Å². The fourth-order valence-corrected chi connectivity index (χ4v) is 2.22. The van der Waals surface area contributed by atoms with E-state index in [0.29, 0.717) is 18.1 Å². The summed E-state index contributed by atoms with van der Waals surface area (Å²) >= 11 is 1.43. The van der Waals surface area contributed by atoms with Crippen molar-refractivity contribution in [2.45, 2.75) is 6.54 Å². The van der Waals surface area contributed by atoms with Crippen LogP contribution in [0.3, 0.4) is 0 Å². The standard InChI is InChI=1S/C9H9N7OS/c10-1-4-12-3(2-18-4)6-13-5-7(14-6)15-9(11)16-8(5)17/h2H,1,10H2,(H4,11,13,14,15,16,17). The van der Waals surface area contributed by atoms with Crippen LogP contribution in [0.15, 0.2) is 10.2 Å². The van der Waals surface area contributed by atoms with Gasteiger partial charge in [0.1, 0.15) is 10.7 Å². The number of nitrogen functional groups attached to an aromatic ring is 1. The minimum Gasteiger partial charge on any atom is -0.369 e. The highest BCUT2D eigenvalue weighted by molar-refractivity contribution is 7.09. The van der Waals surface area contributed by atoms with E-state index in [2.05, 4.69) is 24.9 Å². The van der Waals surface area contributed by atoms with E-state index >= 15 is 0 Å². The molecule has 0 radical (unpaired) electrons. The van der Waals surface area contributed by atoms with E-state index in [1.54, 1.807) is 0 Å². The SMILES string of the molecule is NCc1nc(-c2nc3nc(N)[nH]c(=O)c3[nH]2)cs1. The molecule has 0 atom stereocenters. The number of imidazole rings is 1. The lowest BCUT2D eigenvalue weighted by molar-refractivity contribution is 1.04. The molecule has 0 aliphatic carbocycles. The molecular formula is C9H9N7OS. The molecule has 0 saturated heterocycles. The van der Waals surface area contributed by atoms with Gasteiger partial charge in [0.05, 0.1) is 0 Å². The molecule has 0 unspecified atom stereocenters. The summed E-state index contributed by atoms with van der Waals surface area (Å²) in [6, 6.07) is 0. The lowest BCUT2D eigenvalue weighted by Crippen LogP contribution is -2.10. The predicted molar refractivity (Wildman–Crippen MR) is 67.9 cm³/mol. The molecule has 0 saturated carbocycles. The first-order valence-corrected chi connectivity index (χ1v) is 5.95. The second-order valence-corrected chi connectivity index (χ2v) is 4.51. The largest absolute Gasteiger partial charge is 0.369 e. The third kappa shape index (κ3) is 1.65. The number of H-pyrrole nitrogens is 2. The molecule has 3 rings (SSSR count). The van der Waals surface area contributed by atoms with Gasteiger partial charge in [0, 0.05) is 11.9 Å². The van der Waals surface area contributed by atoms with Crippen LogP contribution in [0, 0.1) is 0 Å². The van der Waals surface area contributed by atoms with Crippen LogP contribution in [0.25, 0.3) is 22.7 Å². The Hall–Kier alpha value is -2.26. The van der Waals surface area contributed by atoms with Gasteiger partial charge in [-0.15, -0.1) is 11.3 Å². The number of hydrogen-bond donors (Lipinski definition) is 4. The van der Waals surface area contributed by atoms with Crippen molar-refractivity contribution in [3.63, 3.8) is 0 Å². The summed E-state index contributed by atoms with van der Waals surface area (Å²) in [5.41, 5.74) is 11.8. The summed E-state index contributed by atoms with van der Waals surface area (Å²) in [5, 5.41) is 2.61. The number of hydrogen-bond acceptors (Lipinski definition) is 7. The van der Waals surface area contributed by atoms with Gasteiger partial charge in [-0.1, -0.05) is 0 Å². The fourth-order valence-electron chi connectivity index (χ4n) is 1.56. The Morgan fingerprint density at radius 2 is 2.11 bits per heavy atom. The number of aromatic amines is 2. The first-order valence-electron chi connectivity index (χ1n) is 5.07. The molecule has 92 valence electrons. The molecule has 8 nitrogen and oxygen atoms in total. The Labute approximate surface area is 104 Å². The average molecular weight is 263 g/mol. The third-order valence-electron chi connectivity index (χ3n) is 2.35. The van der Waals surface area contributed by atoms with Crippen LogP contribution in [0.5, 0.6) is 0 Å². The van der Waals surface area contributed by atoms with Crippen molar-refractivity contribution in [3.8, 4) is 11.5 Å². The first-order chi connectivity index (χ1) is 8.67. The van der Waals surface area contributed by atoms with Crippen molar-refractivity contribution in [1.82, 2.24) is 24.9 Å². The number of aromatic nitrogens is 5. The zero-order valence-electron chi connectivity index (χ0n) is 9.10. The smallest absolute Gasteiger partial charge is 0.278 e. The summed E-state index contributed by atoms with van der Waals surface area (Å²) in [5.74, 6) is 0.510. The molecule has 3 aromatic heterocycles. The highest BCUT2D eigenvalue weighted by atomic mass is 32.1. The van der Waals surface area contributed by atoms with Crippen molar-refractivity contribution < 1.29 is 0 Å². The molecule has 0 aliphatic rings. The summed E-state index contributed by atoms with van der Waals surface area (Å²) < 4.78 is 0. The summed E-state index contributed by atoms with van der Waals surface area (Å²) in [6.45, 7) is 0.372. The summed E-state index contributed by atoms with van der Waals surface area (Å²) in [6.07, 6.45) is 0. The van der Waals surface area contributed by atoms with Crippen molar-refractivity contribution in [2.24, 2.45) is 5.73 Å². The Morgan fingerprint density at radius 1 is 1.28 bits per heavy atom. The molecule has 9 heteroatoms. The van der Waals surface area contributed by atoms with Gasteiger partial charge in [0.15, 0.2) is 17.0 Å². The van der Waals surface area contributed by atoms with Crippen molar-refractivity contribution >= 4 is 28.4 Å². The van der Waals surface area contributed by atoms with Crippen LogP contribution < -0.4 is 17.0 Å². The average Bonchev–Trinajstić information content (AvgIpc) is 2.93. The van der Waals surface area contributed by atoms with Crippen molar-refractivity contribution in [3.05, 3.63) is 20.7 Å². The van der Waals surface area contributed by atoms with Gasteiger partial charge < -0.3 is 16.5 Å². The molecular weight excluding hydrogens is 254 g/mol. The summed E-state index contributed by atoms with van der Waals surface area (Å²) in [7, 11) is 0. The van der Waals surface area contributed by atoms with Crippen LogP contribution in [-0.2, 0) is 6.54 Å². The molecule has 0 aliphatic heterocycles. The van der Waals surface area contributed by atoms with Gasteiger partial charge in [-0.3, -0.25) is 9.78 Å². The Kier molecular flexibility index (Phi) is 2.35. The van der Waals surface area contributed by atoms with E-state index in [1.807, 2.05) is 5.38 Å². The van der Waals surface area contributed by atoms with Crippen LogP contribution in [0.4, 0.5) is 5.95 Å². The second kappa shape index (κ2) is 3.89. The number of nitrogens with two attached hydrogens (primary N) is 2.